The molecule has 1 aromatic carbocycles. The van der Waals surface area contributed by atoms with Gasteiger partial charge < -0.3 is 10.0 Å². The van der Waals surface area contributed by atoms with Crippen molar-refractivity contribution >= 4 is 23.2 Å². The van der Waals surface area contributed by atoms with E-state index in [-0.39, 0.29) is 22.6 Å². The highest BCUT2D eigenvalue weighted by Crippen LogP contribution is 2.38. The van der Waals surface area contributed by atoms with E-state index in [2.05, 4.69) is 6.58 Å². The summed E-state index contributed by atoms with van der Waals surface area (Å²) in [5, 5.41) is 10.0. The van der Waals surface area contributed by atoms with Crippen LogP contribution >= 0.6 is 11.6 Å². The summed E-state index contributed by atoms with van der Waals surface area (Å²) in [5.74, 6) is 0.209. The highest BCUT2D eigenvalue weighted by Gasteiger charge is 2.30. The molecular formula is C13H14ClNO2. The number of halogens is 1. The summed E-state index contributed by atoms with van der Waals surface area (Å²) < 4.78 is 0. The Hall–Kier alpha value is -1.48. The molecule has 1 N–H and O–H groups in total. The smallest absolute Gasteiger partial charge is 0.227 e. The van der Waals surface area contributed by atoms with Crippen molar-refractivity contribution in [1.82, 2.24) is 0 Å². The number of hydrogen-bond acceptors (Lipinski definition) is 2. The van der Waals surface area contributed by atoms with E-state index in [9.17, 15) is 9.90 Å². The second kappa shape index (κ2) is 4.41. The Morgan fingerprint density at radius 1 is 1.59 bits per heavy atom. The molecular weight excluding hydrogens is 238 g/mol. The summed E-state index contributed by atoms with van der Waals surface area (Å²) in [6.07, 6.45) is 2.23. The van der Waals surface area contributed by atoms with Gasteiger partial charge in [0.2, 0.25) is 5.91 Å². The van der Waals surface area contributed by atoms with Crippen LogP contribution in [0.2, 0.25) is 5.02 Å². The number of aryl methyl sites for hydroxylation is 1. The van der Waals surface area contributed by atoms with Gasteiger partial charge in [-0.3, -0.25) is 4.79 Å². The Balaban J connectivity index is 2.39. The van der Waals surface area contributed by atoms with Crippen LogP contribution in [0.4, 0.5) is 5.69 Å². The topological polar surface area (TPSA) is 40.5 Å². The third kappa shape index (κ3) is 2.03. The highest BCUT2D eigenvalue weighted by molar-refractivity contribution is 6.35. The first-order valence-electron chi connectivity index (χ1n) is 5.45. The first-order valence-corrected chi connectivity index (χ1v) is 5.83. The van der Waals surface area contributed by atoms with E-state index in [0.717, 1.165) is 0 Å². The Morgan fingerprint density at radius 3 is 2.88 bits per heavy atom. The maximum Gasteiger partial charge on any atom is 0.227 e. The predicted octanol–water partition coefficient (Wildman–Crippen LogP) is 2.89. The number of hydrogen-bond donors (Lipinski definition) is 1. The number of benzene rings is 1. The van der Waals surface area contributed by atoms with E-state index in [0.29, 0.717) is 24.2 Å². The largest absolute Gasteiger partial charge is 0.506 e. The second-order valence-corrected chi connectivity index (χ2v) is 4.65. The molecule has 17 heavy (non-hydrogen) atoms. The number of nitrogens with zero attached hydrogens (tertiary/aromatic N) is 1. The van der Waals surface area contributed by atoms with Crippen LogP contribution in [0.25, 0.3) is 0 Å². The maximum atomic E-state index is 11.8. The summed E-state index contributed by atoms with van der Waals surface area (Å²) in [6.45, 7) is 6.04. The number of phenols is 1. The van der Waals surface area contributed by atoms with Crippen molar-refractivity contribution < 1.29 is 9.90 Å². The van der Waals surface area contributed by atoms with Gasteiger partial charge in [-0.25, -0.2) is 0 Å². The number of amides is 1. The van der Waals surface area contributed by atoms with Crippen LogP contribution < -0.4 is 4.90 Å². The third-order valence-corrected chi connectivity index (χ3v) is 3.45. The number of carbonyl (C=O) groups excluding carboxylic acids is 1. The molecule has 0 spiro atoms. The molecule has 2 rings (SSSR count). The van der Waals surface area contributed by atoms with E-state index in [1.807, 2.05) is 0 Å². The van der Waals surface area contributed by atoms with Gasteiger partial charge in [-0.15, -0.1) is 6.58 Å². The Morgan fingerprint density at radius 2 is 2.29 bits per heavy atom. The molecule has 1 fully saturated rings. The van der Waals surface area contributed by atoms with Crippen LogP contribution in [0.5, 0.6) is 5.75 Å². The zero-order chi connectivity index (χ0) is 12.6. The molecule has 1 saturated heterocycles. The SMILES string of the molecule is C=CC1CC(=O)N(c2ccc(C)c(O)c2Cl)C1. The fourth-order valence-corrected chi connectivity index (χ4v) is 2.30. The van der Waals surface area contributed by atoms with Crippen molar-refractivity contribution in [3.05, 3.63) is 35.4 Å². The lowest BCUT2D eigenvalue weighted by Gasteiger charge is -2.19. The molecule has 1 aromatic rings. The predicted molar refractivity (Wildman–Crippen MR) is 68.5 cm³/mol. The quantitative estimate of drug-likeness (QED) is 0.821. The summed E-state index contributed by atoms with van der Waals surface area (Å²) in [4.78, 5) is 13.4. The molecule has 1 aliphatic rings. The standard InChI is InChI=1S/C13H14ClNO2/c1-3-9-6-11(16)15(7-9)10-5-4-8(2)13(17)12(10)14/h3-5,9,17H,1,6-7H2,2H3. The van der Waals surface area contributed by atoms with Gasteiger partial charge in [0.25, 0.3) is 0 Å². The highest BCUT2D eigenvalue weighted by atomic mass is 35.5. The minimum absolute atomic E-state index is 0.0139. The minimum Gasteiger partial charge on any atom is -0.506 e. The van der Waals surface area contributed by atoms with Gasteiger partial charge in [-0.2, -0.15) is 0 Å². The monoisotopic (exact) mass is 251 g/mol. The molecule has 1 unspecified atom stereocenters. The number of anilines is 1. The zero-order valence-corrected chi connectivity index (χ0v) is 10.4. The van der Waals surface area contributed by atoms with E-state index in [1.54, 1.807) is 30.0 Å². The molecule has 0 aliphatic carbocycles. The van der Waals surface area contributed by atoms with Gasteiger partial charge in [0, 0.05) is 18.9 Å². The Kier molecular flexibility index (Phi) is 3.11. The number of carbonyl (C=O) groups is 1. The Bertz CT molecular complexity index is 485. The fraction of sp³-hybridized carbons (Fsp3) is 0.308. The van der Waals surface area contributed by atoms with Gasteiger partial charge in [0.05, 0.1) is 5.69 Å². The first-order chi connectivity index (χ1) is 8.04. The second-order valence-electron chi connectivity index (χ2n) is 4.27. The normalized spacial score (nSPS) is 19.8. The molecule has 90 valence electrons. The van der Waals surface area contributed by atoms with Gasteiger partial charge in [0.1, 0.15) is 10.8 Å². The molecule has 1 atom stereocenters. The van der Waals surface area contributed by atoms with Gasteiger partial charge in [-0.1, -0.05) is 23.7 Å². The van der Waals surface area contributed by atoms with Gasteiger partial charge >= 0.3 is 0 Å². The first kappa shape index (κ1) is 12.0. The molecule has 0 aromatic heterocycles. The van der Waals surface area contributed by atoms with E-state index in [4.69, 9.17) is 11.6 Å². The lowest BCUT2D eigenvalue weighted by Crippen LogP contribution is -2.24. The van der Waals surface area contributed by atoms with Crippen LogP contribution in [-0.2, 0) is 4.79 Å². The molecule has 4 heteroatoms. The number of phenolic OH excluding ortho intramolecular Hbond substituents is 1. The molecule has 0 saturated carbocycles. The summed E-state index contributed by atoms with van der Waals surface area (Å²) in [7, 11) is 0. The van der Waals surface area contributed by atoms with Crippen LogP contribution in [0.15, 0.2) is 24.8 Å². The van der Waals surface area contributed by atoms with E-state index >= 15 is 0 Å². The maximum absolute atomic E-state index is 11.8. The van der Waals surface area contributed by atoms with Crippen LogP contribution in [0, 0.1) is 12.8 Å². The van der Waals surface area contributed by atoms with Crippen LogP contribution in [0.1, 0.15) is 12.0 Å². The summed E-state index contributed by atoms with van der Waals surface area (Å²) in [5.41, 5.74) is 1.27. The van der Waals surface area contributed by atoms with Gasteiger partial charge in [0.15, 0.2) is 0 Å². The molecule has 0 radical (unpaired) electrons. The lowest BCUT2D eigenvalue weighted by molar-refractivity contribution is -0.117. The fourth-order valence-electron chi connectivity index (χ4n) is 1.98. The van der Waals surface area contributed by atoms with E-state index in [1.165, 1.54) is 0 Å². The number of rotatable bonds is 2. The average molecular weight is 252 g/mol. The summed E-state index contributed by atoms with van der Waals surface area (Å²) >= 11 is 6.07. The Labute approximate surface area is 105 Å². The zero-order valence-electron chi connectivity index (χ0n) is 9.61. The molecule has 1 heterocycles. The molecule has 1 amide bonds. The van der Waals surface area contributed by atoms with Crippen molar-refractivity contribution in [3.63, 3.8) is 0 Å². The summed E-state index contributed by atoms with van der Waals surface area (Å²) in [6, 6.07) is 3.52. The third-order valence-electron chi connectivity index (χ3n) is 3.08. The van der Waals surface area contributed by atoms with Gasteiger partial charge in [-0.05, 0) is 18.6 Å². The van der Waals surface area contributed by atoms with Crippen molar-refractivity contribution in [3.8, 4) is 5.75 Å². The molecule has 0 bridgehead atoms. The molecule has 1 aliphatic heterocycles. The van der Waals surface area contributed by atoms with Crippen molar-refractivity contribution in [2.45, 2.75) is 13.3 Å². The van der Waals surface area contributed by atoms with Crippen molar-refractivity contribution in [2.24, 2.45) is 5.92 Å². The minimum atomic E-state index is 0.0139. The van der Waals surface area contributed by atoms with Crippen molar-refractivity contribution in [1.29, 1.82) is 0 Å². The van der Waals surface area contributed by atoms with Crippen LogP contribution in [-0.4, -0.2) is 17.6 Å². The van der Waals surface area contributed by atoms with Crippen molar-refractivity contribution in [2.75, 3.05) is 11.4 Å². The van der Waals surface area contributed by atoms with Crippen LogP contribution in [0.3, 0.4) is 0 Å². The average Bonchev–Trinajstić information content (AvgIpc) is 2.68. The molecule has 3 nitrogen and oxygen atoms in total. The lowest BCUT2D eigenvalue weighted by atomic mass is 10.1. The number of aromatic hydroxyl groups is 1. The van der Waals surface area contributed by atoms with E-state index < -0.39 is 0 Å².